The predicted octanol–water partition coefficient (Wildman–Crippen LogP) is 1.94. The van der Waals surface area contributed by atoms with Crippen molar-refractivity contribution in [3.8, 4) is 0 Å². The van der Waals surface area contributed by atoms with Gasteiger partial charge in [0.2, 0.25) is 0 Å². The Hall–Kier alpha value is -0.923. The summed E-state index contributed by atoms with van der Waals surface area (Å²) < 4.78 is 11.8. The van der Waals surface area contributed by atoms with Gasteiger partial charge < -0.3 is 19.1 Å². The van der Waals surface area contributed by atoms with Crippen LogP contribution in [0.2, 0.25) is 12.1 Å². The fourth-order valence-corrected chi connectivity index (χ4v) is 7.99. The molecule has 2 fully saturated rings. The minimum absolute atomic E-state index is 0.0636. The van der Waals surface area contributed by atoms with E-state index in [4.69, 9.17) is 8.85 Å². The molecule has 0 radical (unpaired) electrons. The van der Waals surface area contributed by atoms with Gasteiger partial charge in [-0.05, 0) is 45.1 Å². The van der Waals surface area contributed by atoms with Crippen LogP contribution in [0.3, 0.4) is 0 Å². The fraction of sp³-hybridized carbons (Fsp3) is 0.857. The summed E-state index contributed by atoms with van der Waals surface area (Å²) in [5.41, 5.74) is 0.0686. The number of hydrogen-bond acceptors (Lipinski definition) is 4. The van der Waals surface area contributed by atoms with Crippen molar-refractivity contribution in [1.82, 2.24) is 0 Å². The van der Waals surface area contributed by atoms with Gasteiger partial charge in [-0.25, -0.2) is 0 Å². The molecule has 0 saturated heterocycles. The van der Waals surface area contributed by atoms with E-state index in [-0.39, 0.29) is 17.4 Å². The molecule has 5 atom stereocenters. The van der Waals surface area contributed by atoms with Gasteiger partial charge in [0.05, 0.1) is 11.8 Å². The fourth-order valence-electron chi connectivity index (χ4n) is 4.48. The molecule has 0 amide bonds. The van der Waals surface area contributed by atoms with Gasteiger partial charge in [-0.3, -0.25) is 9.59 Å². The van der Waals surface area contributed by atoms with Crippen LogP contribution >= 0.6 is 0 Å². The molecule has 2 aliphatic carbocycles. The van der Waals surface area contributed by atoms with Crippen molar-refractivity contribution in [2.24, 2.45) is 23.7 Å². The van der Waals surface area contributed by atoms with Crippen molar-refractivity contribution >= 4 is 20.5 Å². The van der Waals surface area contributed by atoms with Crippen LogP contribution in [0.4, 0.5) is 0 Å². The zero-order valence-electron chi connectivity index (χ0n) is 12.7. The molecule has 0 aliphatic heterocycles. The zero-order chi connectivity index (χ0) is 15.8. The highest BCUT2D eigenvalue weighted by atomic mass is 28.4. The van der Waals surface area contributed by atoms with Gasteiger partial charge in [0, 0.05) is 18.8 Å². The Bertz CT molecular complexity index is 420. The second-order valence-electron chi connectivity index (χ2n) is 6.11. The van der Waals surface area contributed by atoms with Gasteiger partial charge in [-0.2, -0.15) is 0 Å². The molecule has 5 unspecified atom stereocenters. The molecule has 2 bridgehead atoms. The first-order chi connectivity index (χ1) is 9.85. The van der Waals surface area contributed by atoms with E-state index in [0.29, 0.717) is 26.1 Å². The number of rotatable bonds is 7. The lowest BCUT2D eigenvalue weighted by molar-refractivity contribution is -0.156. The molecule has 2 saturated carbocycles. The highest BCUT2D eigenvalue weighted by Crippen LogP contribution is 2.61. The molecule has 120 valence electrons. The molecule has 0 heterocycles. The van der Waals surface area contributed by atoms with Crippen LogP contribution < -0.4 is 0 Å². The third kappa shape index (κ3) is 2.74. The monoisotopic (exact) mass is 316 g/mol. The van der Waals surface area contributed by atoms with E-state index in [1.54, 1.807) is 0 Å². The van der Waals surface area contributed by atoms with Crippen LogP contribution in [-0.4, -0.2) is 43.9 Å². The smallest absolute Gasteiger partial charge is 0.338 e. The molecule has 2 rings (SSSR count). The SMILES string of the molecule is CCO[Si](C)(OCC)C1CC2CC1C(C(=O)O)C2C(=O)O. The first-order valence-electron chi connectivity index (χ1n) is 7.59. The molecule has 2 N–H and O–H groups in total. The molecule has 2 aliphatic rings. The van der Waals surface area contributed by atoms with Crippen molar-refractivity contribution in [3.05, 3.63) is 0 Å². The summed E-state index contributed by atoms with van der Waals surface area (Å²) in [4.78, 5) is 23.0. The van der Waals surface area contributed by atoms with E-state index in [1.807, 2.05) is 20.4 Å². The van der Waals surface area contributed by atoms with Crippen molar-refractivity contribution in [3.63, 3.8) is 0 Å². The Morgan fingerprint density at radius 2 is 1.57 bits per heavy atom. The Morgan fingerprint density at radius 1 is 1.05 bits per heavy atom. The average Bonchev–Trinajstić information content (AvgIpc) is 2.96. The summed E-state index contributed by atoms with van der Waals surface area (Å²) >= 11 is 0. The maximum absolute atomic E-state index is 11.6. The van der Waals surface area contributed by atoms with E-state index >= 15 is 0 Å². The lowest BCUT2D eigenvalue weighted by Crippen LogP contribution is -2.50. The maximum Gasteiger partial charge on any atom is 0.338 e. The molecule has 0 aromatic rings. The average molecular weight is 316 g/mol. The van der Waals surface area contributed by atoms with Gasteiger partial charge in [0.1, 0.15) is 0 Å². The number of aliphatic carboxylic acids is 2. The molecular formula is C14H24O6Si. The number of carboxylic acids is 2. The quantitative estimate of drug-likeness (QED) is 0.697. The van der Waals surface area contributed by atoms with E-state index in [1.165, 1.54) is 0 Å². The van der Waals surface area contributed by atoms with Crippen LogP contribution in [-0.2, 0) is 18.4 Å². The lowest BCUT2D eigenvalue weighted by Gasteiger charge is -2.39. The highest BCUT2D eigenvalue weighted by molar-refractivity contribution is 6.67. The second-order valence-corrected chi connectivity index (χ2v) is 9.46. The predicted molar refractivity (Wildman–Crippen MR) is 77.1 cm³/mol. The number of carbonyl (C=O) groups is 2. The lowest BCUT2D eigenvalue weighted by atomic mass is 9.79. The largest absolute Gasteiger partial charge is 0.481 e. The van der Waals surface area contributed by atoms with Crippen LogP contribution in [0, 0.1) is 23.7 Å². The number of carboxylic acid groups (broad SMARTS) is 2. The first kappa shape index (κ1) is 16.4. The highest BCUT2D eigenvalue weighted by Gasteiger charge is 2.63. The third-order valence-corrected chi connectivity index (χ3v) is 8.84. The van der Waals surface area contributed by atoms with Crippen LogP contribution in [0.25, 0.3) is 0 Å². The maximum atomic E-state index is 11.6. The standard InChI is InChI=1S/C14H24O6Si/c1-4-19-21(3,20-5-2)10-7-8-6-9(10)12(14(17)18)11(8)13(15)16/h8-12H,4-7H2,1-3H3,(H,15,16)(H,17,18). The minimum Gasteiger partial charge on any atom is -0.481 e. The topological polar surface area (TPSA) is 93.1 Å². The molecule has 21 heavy (non-hydrogen) atoms. The van der Waals surface area contributed by atoms with Crippen molar-refractivity contribution in [2.75, 3.05) is 13.2 Å². The summed E-state index contributed by atoms with van der Waals surface area (Å²) in [6.45, 7) is 6.88. The van der Waals surface area contributed by atoms with E-state index < -0.39 is 32.3 Å². The van der Waals surface area contributed by atoms with Gasteiger partial charge >= 0.3 is 20.5 Å². The number of fused-ring (bicyclic) bond motifs is 2. The molecular weight excluding hydrogens is 292 g/mol. The molecule has 0 spiro atoms. The molecule has 0 aromatic carbocycles. The molecule has 0 aromatic heterocycles. The van der Waals surface area contributed by atoms with Crippen molar-refractivity contribution in [1.29, 1.82) is 0 Å². The Kier molecular flexibility index (Phi) is 4.75. The zero-order valence-corrected chi connectivity index (χ0v) is 13.7. The summed E-state index contributed by atoms with van der Waals surface area (Å²) in [5, 5.41) is 18.8. The molecule has 7 heteroatoms. The minimum atomic E-state index is -2.48. The summed E-state index contributed by atoms with van der Waals surface area (Å²) in [7, 11) is -2.48. The first-order valence-corrected chi connectivity index (χ1v) is 9.98. The Balaban J connectivity index is 2.26. The summed E-state index contributed by atoms with van der Waals surface area (Å²) in [6.07, 6.45) is 1.38. The van der Waals surface area contributed by atoms with Crippen molar-refractivity contribution in [2.45, 2.75) is 38.8 Å². The van der Waals surface area contributed by atoms with Gasteiger partial charge in [-0.15, -0.1) is 0 Å². The summed E-state index contributed by atoms with van der Waals surface area (Å²) in [6, 6.07) is 0. The van der Waals surface area contributed by atoms with Gasteiger partial charge in [0.25, 0.3) is 0 Å². The van der Waals surface area contributed by atoms with Crippen LogP contribution in [0.15, 0.2) is 0 Å². The normalized spacial score (nSPS) is 35.1. The van der Waals surface area contributed by atoms with Crippen LogP contribution in [0.5, 0.6) is 0 Å². The van der Waals surface area contributed by atoms with Crippen molar-refractivity contribution < 1.29 is 28.7 Å². The van der Waals surface area contributed by atoms with E-state index in [2.05, 4.69) is 0 Å². The Labute approximate surface area is 125 Å². The van der Waals surface area contributed by atoms with Gasteiger partial charge in [0.15, 0.2) is 0 Å². The Morgan fingerprint density at radius 3 is 2.00 bits per heavy atom. The van der Waals surface area contributed by atoms with E-state index in [9.17, 15) is 19.8 Å². The summed E-state index contributed by atoms with van der Waals surface area (Å²) in [5.74, 6) is -3.74. The third-order valence-electron chi connectivity index (χ3n) is 5.11. The molecule has 6 nitrogen and oxygen atoms in total. The number of hydrogen-bond donors (Lipinski definition) is 2. The second kappa shape index (κ2) is 6.06. The van der Waals surface area contributed by atoms with Gasteiger partial charge in [-0.1, -0.05) is 0 Å². The van der Waals surface area contributed by atoms with E-state index in [0.717, 1.165) is 0 Å². The van der Waals surface area contributed by atoms with Crippen LogP contribution in [0.1, 0.15) is 26.7 Å².